The van der Waals surface area contributed by atoms with Crippen LogP contribution in [0.25, 0.3) is 5.70 Å². The molecule has 2 aromatic rings. The van der Waals surface area contributed by atoms with Gasteiger partial charge in [0.25, 0.3) is 11.5 Å². The second-order valence-corrected chi connectivity index (χ2v) is 5.27. The smallest absolute Gasteiger partial charge is 0.347 e. The summed E-state index contributed by atoms with van der Waals surface area (Å²) in [7, 11) is 0. The fourth-order valence-electron chi connectivity index (χ4n) is 2.15. The number of nitrogens with one attached hydrogen (secondary N) is 1. The minimum Gasteiger partial charge on any atom is -0.462 e. The Bertz CT molecular complexity index is 846. The van der Waals surface area contributed by atoms with Gasteiger partial charge < -0.3 is 4.74 Å². The number of hydrogen-bond donors (Lipinski definition) is 1. The van der Waals surface area contributed by atoms with Crippen molar-refractivity contribution < 1.29 is 18.9 Å². The molecule has 0 saturated carbocycles. The fraction of sp³-hybridized carbons (Fsp3) is 0.150. The molecule has 0 aliphatic carbocycles. The molecule has 0 amide bonds. The van der Waals surface area contributed by atoms with E-state index in [0.29, 0.717) is 5.56 Å². The van der Waals surface area contributed by atoms with Crippen molar-refractivity contribution >= 4 is 23.3 Å². The Balaban J connectivity index is 2.54. The Morgan fingerprint density at radius 3 is 2.36 bits per heavy atom. The molecule has 0 aliphatic rings. The first kappa shape index (κ1) is 18.0. The van der Waals surface area contributed by atoms with Crippen LogP contribution in [0.5, 0.6) is 0 Å². The maximum Gasteiger partial charge on any atom is 0.347 e. The number of hydrogen-bond acceptors (Lipinski definition) is 4. The monoisotopic (exact) mass is 335 g/mol. The van der Waals surface area contributed by atoms with Crippen molar-refractivity contribution in [3.63, 3.8) is 0 Å². The van der Waals surface area contributed by atoms with E-state index in [1.54, 1.807) is 48.1 Å². The van der Waals surface area contributed by atoms with Crippen LogP contribution in [-0.2, 0) is 9.53 Å². The van der Waals surface area contributed by atoms with Crippen LogP contribution < -0.4 is 4.57 Å². The van der Waals surface area contributed by atoms with Crippen LogP contribution >= 0.6 is 0 Å². The van der Waals surface area contributed by atoms with Crippen LogP contribution in [-0.4, -0.2) is 24.2 Å². The van der Waals surface area contributed by atoms with E-state index in [1.165, 1.54) is 6.08 Å². The molecule has 0 fully saturated rings. The highest BCUT2D eigenvalue weighted by Crippen LogP contribution is 2.11. The van der Waals surface area contributed by atoms with E-state index in [9.17, 15) is 9.59 Å². The van der Waals surface area contributed by atoms with E-state index >= 15 is 0 Å². The molecule has 2 rings (SSSR count). The summed E-state index contributed by atoms with van der Waals surface area (Å²) in [5.74, 6) is 1.09. The van der Waals surface area contributed by atoms with Crippen LogP contribution in [0.1, 0.15) is 22.8 Å². The number of aromatic nitrogens is 1. The zero-order valence-corrected chi connectivity index (χ0v) is 14.2. The molecule has 0 bridgehead atoms. The lowest BCUT2D eigenvalue weighted by Gasteiger charge is -2.04. The Hall–Kier alpha value is -3.30. The molecule has 126 valence electrons. The molecule has 1 N–H and O–H groups in total. The SMILES string of the molecule is CCOC(=O)C(=C=N)/C=C(/C(=O)c1ccccc1)[n+]1ccc(C)cc1. The molecule has 5 nitrogen and oxygen atoms in total. The number of carbonyl (C=O) groups is 2. The quantitative estimate of drug-likeness (QED) is 0.220. The second-order valence-electron chi connectivity index (χ2n) is 5.27. The molecule has 5 heteroatoms. The highest BCUT2D eigenvalue weighted by atomic mass is 16.5. The van der Waals surface area contributed by atoms with Crippen molar-refractivity contribution in [2.24, 2.45) is 0 Å². The predicted octanol–water partition coefficient (Wildman–Crippen LogP) is 2.74. The maximum atomic E-state index is 12.9. The summed E-state index contributed by atoms with van der Waals surface area (Å²) in [6, 6.07) is 12.5. The minimum atomic E-state index is -0.691. The third-order valence-corrected chi connectivity index (χ3v) is 3.45. The van der Waals surface area contributed by atoms with Crippen LogP contribution in [0.2, 0.25) is 0 Å². The van der Waals surface area contributed by atoms with Gasteiger partial charge in [0.2, 0.25) is 0 Å². The summed E-state index contributed by atoms with van der Waals surface area (Å²) in [6.45, 7) is 3.79. The lowest BCUT2D eigenvalue weighted by atomic mass is 10.1. The summed E-state index contributed by atoms with van der Waals surface area (Å²) in [5, 5.41) is 7.35. The first-order valence-electron chi connectivity index (χ1n) is 7.83. The fourth-order valence-corrected chi connectivity index (χ4v) is 2.15. The summed E-state index contributed by atoms with van der Waals surface area (Å²) < 4.78 is 6.52. The van der Waals surface area contributed by atoms with E-state index < -0.39 is 5.97 Å². The van der Waals surface area contributed by atoms with Gasteiger partial charge in [0.05, 0.1) is 6.61 Å². The first-order chi connectivity index (χ1) is 12.1. The van der Waals surface area contributed by atoms with E-state index in [4.69, 9.17) is 10.1 Å². The molecule has 0 radical (unpaired) electrons. The number of carbonyl (C=O) groups excluding carboxylic acids is 2. The number of Topliss-reactive ketones (excluding diaryl/α,β-unsaturated/α-hetero) is 1. The van der Waals surface area contributed by atoms with Crippen LogP contribution in [0.3, 0.4) is 0 Å². The number of benzene rings is 1. The minimum absolute atomic E-state index is 0.116. The van der Waals surface area contributed by atoms with E-state index in [-0.39, 0.29) is 23.7 Å². The van der Waals surface area contributed by atoms with Gasteiger partial charge in [-0.3, -0.25) is 10.2 Å². The van der Waals surface area contributed by atoms with E-state index in [1.807, 2.05) is 25.1 Å². The number of aryl methyl sites for hydroxylation is 1. The Kier molecular flexibility index (Phi) is 6.15. The summed E-state index contributed by atoms with van der Waals surface area (Å²) in [4.78, 5) is 24.9. The van der Waals surface area contributed by atoms with Gasteiger partial charge in [0, 0.05) is 23.8 Å². The highest BCUT2D eigenvalue weighted by molar-refractivity contribution is 6.23. The summed E-state index contributed by atoms with van der Waals surface area (Å²) >= 11 is 0. The number of esters is 1. The van der Waals surface area contributed by atoms with Crippen molar-refractivity contribution in [3.8, 4) is 0 Å². The number of nitrogens with zero attached hydrogens (tertiary/aromatic N) is 1. The average Bonchev–Trinajstić information content (AvgIpc) is 2.64. The van der Waals surface area contributed by atoms with E-state index in [2.05, 4.69) is 5.87 Å². The van der Waals surface area contributed by atoms with Crippen LogP contribution in [0.15, 0.2) is 66.5 Å². The van der Waals surface area contributed by atoms with Gasteiger partial charge >= 0.3 is 5.97 Å². The topological polar surface area (TPSA) is 71.1 Å². The predicted molar refractivity (Wildman–Crippen MR) is 94.3 cm³/mol. The molecule has 0 unspecified atom stereocenters. The highest BCUT2D eigenvalue weighted by Gasteiger charge is 2.24. The van der Waals surface area contributed by atoms with Crippen molar-refractivity contribution in [1.82, 2.24) is 0 Å². The van der Waals surface area contributed by atoms with Crippen molar-refractivity contribution in [1.29, 1.82) is 5.41 Å². The van der Waals surface area contributed by atoms with Gasteiger partial charge in [0.15, 0.2) is 12.4 Å². The molecular weight excluding hydrogens is 316 g/mol. The van der Waals surface area contributed by atoms with Gasteiger partial charge in [-0.15, -0.1) is 0 Å². The van der Waals surface area contributed by atoms with Gasteiger partial charge in [0.1, 0.15) is 5.57 Å². The Labute approximate surface area is 146 Å². The molecule has 1 heterocycles. The maximum absolute atomic E-state index is 12.9. The van der Waals surface area contributed by atoms with Gasteiger partial charge in [-0.25, -0.2) is 4.79 Å². The van der Waals surface area contributed by atoms with Crippen molar-refractivity contribution in [2.75, 3.05) is 6.61 Å². The number of allylic oxidation sites excluding steroid dienone is 1. The molecule has 1 aromatic heterocycles. The standard InChI is InChI=1S/C20H19N2O3/c1-3-25-20(24)17(14-21)13-18(22-11-9-15(2)10-12-22)19(23)16-7-5-4-6-8-16/h4-13,21H,3H2,1-2H3/q+1/b18-13-. The van der Waals surface area contributed by atoms with Crippen LogP contribution in [0, 0.1) is 12.3 Å². The van der Waals surface area contributed by atoms with E-state index in [0.717, 1.165) is 5.56 Å². The van der Waals surface area contributed by atoms with Gasteiger partial charge in [-0.1, -0.05) is 30.3 Å². The largest absolute Gasteiger partial charge is 0.462 e. The third kappa shape index (κ3) is 4.59. The van der Waals surface area contributed by atoms with Crippen molar-refractivity contribution in [2.45, 2.75) is 13.8 Å². The normalized spacial score (nSPS) is 10.7. The average molecular weight is 335 g/mol. The second kappa shape index (κ2) is 8.52. The molecule has 0 aliphatic heterocycles. The van der Waals surface area contributed by atoms with Crippen molar-refractivity contribution in [3.05, 3.63) is 77.6 Å². The van der Waals surface area contributed by atoms with Crippen LogP contribution in [0.4, 0.5) is 0 Å². The lowest BCUT2D eigenvalue weighted by Crippen LogP contribution is -2.36. The first-order valence-corrected chi connectivity index (χ1v) is 7.83. The summed E-state index contributed by atoms with van der Waals surface area (Å²) in [6.07, 6.45) is 4.79. The van der Waals surface area contributed by atoms with Gasteiger partial charge in [-0.05, 0) is 25.3 Å². The lowest BCUT2D eigenvalue weighted by molar-refractivity contribution is -0.576. The molecule has 1 aromatic carbocycles. The molecular formula is C20H19N2O3+. The van der Waals surface area contributed by atoms with Gasteiger partial charge in [-0.2, -0.15) is 4.57 Å². The summed E-state index contributed by atoms with van der Waals surface area (Å²) in [5.41, 5.74) is 1.63. The zero-order valence-electron chi connectivity index (χ0n) is 14.2. The molecule has 0 spiro atoms. The zero-order chi connectivity index (χ0) is 18.2. The molecule has 0 atom stereocenters. The number of rotatable bonds is 6. The Morgan fingerprint density at radius 2 is 1.80 bits per heavy atom. The Morgan fingerprint density at radius 1 is 1.16 bits per heavy atom. The third-order valence-electron chi connectivity index (χ3n) is 3.45. The number of ether oxygens (including phenoxy) is 1. The molecule has 0 saturated heterocycles. The number of pyridine rings is 1. The molecule has 25 heavy (non-hydrogen) atoms. The number of ketones is 1.